The second-order valence-corrected chi connectivity index (χ2v) is 8.10. The van der Waals surface area contributed by atoms with Crippen LogP contribution in [0.2, 0.25) is 8.67 Å². The minimum absolute atomic E-state index is 0. The molecule has 0 saturated carbocycles. The van der Waals surface area contributed by atoms with Crippen LogP contribution in [0.15, 0.2) is 11.0 Å². The molecule has 1 fully saturated rings. The van der Waals surface area contributed by atoms with Crippen molar-refractivity contribution >= 4 is 57.0 Å². The van der Waals surface area contributed by atoms with Gasteiger partial charge >= 0.3 is 0 Å². The van der Waals surface area contributed by atoms with Gasteiger partial charge in [-0.05, 0) is 13.0 Å². The van der Waals surface area contributed by atoms with Gasteiger partial charge < -0.3 is 5.32 Å². The number of hydrogen-bond acceptors (Lipinski definition) is 4. The third kappa shape index (κ3) is 3.30. The first-order valence-electron chi connectivity index (χ1n) is 5.09. The Bertz CT molecular complexity index is 518. The number of thiophene rings is 1. The van der Waals surface area contributed by atoms with Gasteiger partial charge in [-0.2, -0.15) is 4.31 Å². The standard InChI is InChI=1S/C9H12Cl2N2O2S2.ClH/c1-6-5-13(3-2-12-6)17(14,15)7-4-8(10)16-9(7)11;/h4,6,12H,2-3,5H2,1H3;1H. The molecule has 2 rings (SSSR count). The van der Waals surface area contributed by atoms with Gasteiger partial charge in [0.2, 0.25) is 10.0 Å². The van der Waals surface area contributed by atoms with Crippen LogP contribution in [-0.2, 0) is 10.0 Å². The minimum Gasteiger partial charge on any atom is -0.312 e. The Labute approximate surface area is 127 Å². The molecule has 0 radical (unpaired) electrons. The second kappa shape index (κ2) is 6.26. The van der Waals surface area contributed by atoms with Crippen LogP contribution in [0.25, 0.3) is 0 Å². The molecule has 1 aromatic heterocycles. The topological polar surface area (TPSA) is 49.4 Å². The van der Waals surface area contributed by atoms with Crippen molar-refractivity contribution in [2.45, 2.75) is 17.9 Å². The van der Waals surface area contributed by atoms with Crippen LogP contribution in [0.5, 0.6) is 0 Å². The molecule has 1 aliphatic heterocycles. The number of piperazine rings is 1. The summed E-state index contributed by atoms with van der Waals surface area (Å²) in [5.74, 6) is 0. The van der Waals surface area contributed by atoms with Crippen LogP contribution < -0.4 is 5.32 Å². The highest BCUT2D eigenvalue weighted by molar-refractivity contribution is 7.89. The van der Waals surface area contributed by atoms with E-state index >= 15 is 0 Å². The molecule has 0 bridgehead atoms. The Morgan fingerprint density at radius 2 is 2.17 bits per heavy atom. The first-order chi connectivity index (χ1) is 7.91. The molecule has 18 heavy (non-hydrogen) atoms. The molecule has 4 nitrogen and oxygen atoms in total. The summed E-state index contributed by atoms with van der Waals surface area (Å²) in [5, 5.41) is 3.19. The summed E-state index contributed by atoms with van der Waals surface area (Å²) in [6, 6.07) is 1.56. The SMILES string of the molecule is CC1CN(S(=O)(=O)c2cc(Cl)sc2Cl)CCN1.Cl. The lowest BCUT2D eigenvalue weighted by Gasteiger charge is -2.30. The molecular formula is C9H13Cl3N2O2S2. The summed E-state index contributed by atoms with van der Waals surface area (Å²) in [6.45, 7) is 3.50. The molecule has 0 amide bonds. The first-order valence-corrected chi connectivity index (χ1v) is 8.11. The predicted octanol–water partition coefficient (Wildman–Crippen LogP) is 2.46. The average Bonchev–Trinajstić information content (AvgIpc) is 2.58. The zero-order chi connectivity index (χ0) is 12.6. The Hall–Kier alpha value is 0.440. The third-order valence-corrected chi connectivity index (χ3v) is 6.19. The molecule has 1 aliphatic rings. The van der Waals surface area contributed by atoms with Gasteiger partial charge in [-0.3, -0.25) is 0 Å². The van der Waals surface area contributed by atoms with Crippen molar-refractivity contribution in [3.8, 4) is 0 Å². The summed E-state index contributed by atoms with van der Waals surface area (Å²) in [5.41, 5.74) is 0. The van der Waals surface area contributed by atoms with Crippen molar-refractivity contribution in [3.63, 3.8) is 0 Å². The highest BCUT2D eigenvalue weighted by Gasteiger charge is 2.31. The Balaban J connectivity index is 0.00000162. The molecule has 104 valence electrons. The lowest BCUT2D eigenvalue weighted by molar-refractivity contribution is 0.310. The number of halogens is 3. The van der Waals surface area contributed by atoms with Crippen molar-refractivity contribution in [2.75, 3.05) is 19.6 Å². The zero-order valence-electron chi connectivity index (χ0n) is 9.52. The maximum Gasteiger partial charge on any atom is 0.245 e. The quantitative estimate of drug-likeness (QED) is 0.890. The largest absolute Gasteiger partial charge is 0.312 e. The van der Waals surface area contributed by atoms with Gasteiger partial charge in [-0.1, -0.05) is 23.2 Å². The molecule has 0 spiro atoms. The van der Waals surface area contributed by atoms with E-state index in [1.165, 1.54) is 10.4 Å². The Morgan fingerprint density at radius 3 is 2.67 bits per heavy atom. The van der Waals surface area contributed by atoms with E-state index in [0.29, 0.717) is 24.0 Å². The van der Waals surface area contributed by atoms with Crippen molar-refractivity contribution in [1.29, 1.82) is 0 Å². The highest BCUT2D eigenvalue weighted by Crippen LogP contribution is 2.35. The van der Waals surface area contributed by atoms with E-state index in [0.717, 1.165) is 11.3 Å². The van der Waals surface area contributed by atoms with Gasteiger partial charge in [-0.15, -0.1) is 23.7 Å². The average molecular weight is 352 g/mol. The second-order valence-electron chi connectivity index (χ2n) is 3.91. The summed E-state index contributed by atoms with van der Waals surface area (Å²) in [7, 11) is -3.52. The van der Waals surface area contributed by atoms with E-state index in [9.17, 15) is 8.42 Å². The van der Waals surface area contributed by atoms with E-state index in [1.807, 2.05) is 6.92 Å². The van der Waals surface area contributed by atoms with Crippen molar-refractivity contribution < 1.29 is 8.42 Å². The molecule has 1 aromatic rings. The number of nitrogens with zero attached hydrogens (tertiary/aromatic N) is 1. The van der Waals surface area contributed by atoms with Crippen molar-refractivity contribution in [3.05, 3.63) is 14.7 Å². The van der Waals surface area contributed by atoms with Crippen LogP contribution >= 0.6 is 46.9 Å². The van der Waals surface area contributed by atoms with Crippen LogP contribution in [0.1, 0.15) is 6.92 Å². The molecule has 0 aliphatic carbocycles. The normalized spacial score (nSPS) is 21.6. The molecule has 1 N–H and O–H groups in total. The Morgan fingerprint density at radius 1 is 1.50 bits per heavy atom. The molecule has 1 atom stereocenters. The summed E-state index contributed by atoms with van der Waals surface area (Å²) < 4.78 is 26.7. The summed E-state index contributed by atoms with van der Waals surface area (Å²) in [4.78, 5) is 0.114. The number of sulfonamides is 1. The highest BCUT2D eigenvalue weighted by atomic mass is 35.5. The van der Waals surface area contributed by atoms with Gasteiger partial charge in [0.15, 0.2) is 0 Å². The maximum atomic E-state index is 12.3. The van der Waals surface area contributed by atoms with E-state index in [-0.39, 0.29) is 27.7 Å². The first kappa shape index (κ1) is 16.5. The summed E-state index contributed by atoms with van der Waals surface area (Å²) in [6.07, 6.45) is 0. The lowest BCUT2D eigenvalue weighted by Crippen LogP contribution is -2.51. The fourth-order valence-corrected chi connectivity index (χ4v) is 5.40. The zero-order valence-corrected chi connectivity index (χ0v) is 13.5. The molecule has 0 aromatic carbocycles. The fourth-order valence-electron chi connectivity index (χ4n) is 1.76. The minimum atomic E-state index is -3.52. The molecule has 1 saturated heterocycles. The molecule has 9 heteroatoms. The molecule has 1 unspecified atom stereocenters. The van der Waals surface area contributed by atoms with Crippen LogP contribution in [0, 0.1) is 0 Å². The van der Waals surface area contributed by atoms with E-state index < -0.39 is 10.0 Å². The number of hydrogen-bond donors (Lipinski definition) is 1. The van der Waals surface area contributed by atoms with Gasteiger partial charge in [0.1, 0.15) is 9.23 Å². The van der Waals surface area contributed by atoms with Crippen LogP contribution in [-0.4, -0.2) is 38.4 Å². The molecular weight excluding hydrogens is 339 g/mol. The van der Waals surface area contributed by atoms with E-state index in [1.54, 1.807) is 0 Å². The third-order valence-electron chi connectivity index (χ3n) is 2.57. The monoisotopic (exact) mass is 350 g/mol. The summed E-state index contributed by atoms with van der Waals surface area (Å²) >= 11 is 12.7. The van der Waals surface area contributed by atoms with E-state index in [2.05, 4.69) is 5.32 Å². The predicted molar refractivity (Wildman–Crippen MR) is 77.8 cm³/mol. The lowest BCUT2D eigenvalue weighted by atomic mass is 10.3. The number of nitrogens with one attached hydrogen (secondary N) is 1. The molecule has 2 heterocycles. The van der Waals surface area contributed by atoms with Gasteiger partial charge in [-0.25, -0.2) is 8.42 Å². The maximum absolute atomic E-state index is 12.3. The Kier molecular flexibility index (Phi) is 5.74. The van der Waals surface area contributed by atoms with E-state index in [4.69, 9.17) is 23.2 Å². The van der Waals surface area contributed by atoms with Crippen LogP contribution in [0.3, 0.4) is 0 Å². The number of rotatable bonds is 2. The van der Waals surface area contributed by atoms with Gasteiger partial charge in [0.25, 0.3) is 0 Å². The van der Waals surface area contributed by atoms with Crippen molar-refractivity contribution in [1.82, 2.24) is 9.62 Å². The van der Waals surface area contributed by atoms with Crippen molar-refractivity contribution in [2.24, 2.45) is 0 Å². The smallest absolute Gasteiger partial charge is 0.245 e. The van der Waals surface area contributed by atoms with Gasteiger partial charge in [0, 0.05) is 25.7 Å². The van der Waals surface area contributed by atoms with Crippen LogP contribution in [0.4, 0.5) is 0 Å². The van der Waals surface area contributed by atoms with Gasteiger partial charge in [0.05, 0.1) is 4.34 Å². The fraction of sp³-hybridized carbons (Fsp3) is 0.556.